The van der Waals surface area contributed by atoms with Crippen molar-refractivity contribution in [2.24, 2.45) is 0 Å². The summed E-state index contributed by atoms with van der Waals surface area (Å²) in [5.74, 6) is -1.19. The summed E-state index contributed by atoms with van der Waals surface area (Å²) >= 11 is 0. The summed E-state index contributed by atoms with van der Waals surface area (Å²) in [4.78, 5) is 20.4. The fourth-order valence-corrected chi connectivity index (χ4v) is 0.713. The lowest BCUT2D eigenvalue weighted by atomic mass is 10.3. The van der Waals surface area contributed by atoms with E-state index in [9.17, 15) is 9.59 Å². The molecule has 10 heavy (non-hydrogen) atoms. The van der Waals surface area contributed by atoms with Crippen LogP contribution in [0.25, 0.3) is 0 Å². The molecule has 1 heterocycles. The van der Waals surface area contributed by atoms with E-state index in [4.69, 9.17) is 5.11 Å². The fraction of sp³-hybridized carbons (Fsp3) is 0.333. The Morgan fingerprint density at radius 2 is 2.30 bits per heavy atom. The van der Waals surface area contributed by atoms with Crippen molar-refractivity contribution >= 4 is 11.9 Å². The highest BCUT2D eigenvalue weighted by molar-refractivity contribution is 5.82. The van der Waals surface area contributed by atoms with E-state index in [0.717, 1.165) is 6.08 Å². The third-order valence-electron chi connectivity index (χ3n) is 1.10. The molecule has 0 bridgehead atoms. The van der Waals surface area contributed by atoms with Gasteiger partial charge in [-0.15, -0.1) is 0 Å². The van der Waals surface area contributed by atoms with Gasteiger partial charge in [0.15, 0.2) is 0 Å². The second-order valence-corrected chi connectivity index (χ2v) is 1.92. The molecule has 1 aliphatic rings. The molecule has 1 rings (SSSR count). The molecule has 0 aromatic heterocycles. The predicted octanol–water partition coefficient (Wildman–Crippen LogP) is 0.292. The summed E-state index contributed by atoms with van der Waals surface area (Å²) in [5.41, 5.74) is 0. The molecule has 0 spiro atoms. The maximum absolute atomic E-state index is 10.4. The minimum Gasteiger partial charge on any atom is -0.478 e. The molecule has 0 amide bonds. The summed E-state index contributed by atoms with van der Waals surface area (Å²) in [7, 11) is 0. The number of allylic oxidation sites excluding steroid dienone is 1. The van der Waals surface area contributed by atoms with Crippen molar-refractivity contribution in [3.63, 3.8) is 0 Å². The van der Waals surface area contributed by atoms with Crippen molar-refractivity contribution < 1.29 is 19.4 Å². The Bertz CT molecular complexity index is 204. The first-order valence-corrected chi connectivity index (χ1v) is 2.82. The van der Waals surface area contributed by atoms with Gasteiger partial charge in [0.1, 0.15) is 5.76 Å². The topological polar surface area (TPSA) is 63.6 Å². The van der Waals surface area contributed by atoms with Gasteiger partial charge in [-0.1, -0.05) is 0 Å². The summed E-state index contributed by atoms with van der Waals surface area (Å²) in [6, 6.07) is 0. The third-order valence-corrected chi connectivity index (χ3v) is 1.10. The molecule has 0 unspecified atom stereocenters. The number of carboxylic acids is 1. The SMILES string of the molecule is O=C(O)C=C1CCC(=O)O1. The molecule has 0 atom stereocenters. The monoisotopic (exact) mass is 142 g/mol. The average Bonchev–Trinajstić information content (AvgIpc) is 2.13. The van der Waals surface area contributed by atoms with Crippen LogP contribution in [0.3, 0.4) is 0 Å². The zero-order valence-corrected chi connectivity index (χ0v) is 5.16. The fourth-order valence-electron chi connectivity index (χ4n) is 0.713. The molecule has 1 aliphatic heterocycles. The Hall–Kier alpha value is -1.32. The molecule has 1 saturated heterocycles. The van der Waals surface area contributed by atoms with Crippen LogP contribution in [0.1, 0.15) is 12.8 Å². The van der Waals surface area contributed by atoms with Gasteiger partial charge in [0, 0.05) is 6.42 Å². The van der Waals surface area contributed by atoms with Crippen LogP contribution < -0.4 is 0 Å². The van der Waals surface area contributed by atoms with Crippen molar-refractivity contribution in [2.45, 2.75) is 12.8 Å². The summed E-state index contributed by atoms with van der Waals surface area (Å²) in [6.45, 7) is 0. The van der Waals surface area contributed by atoms with Crippen LogP contribution in [0.4, 0.5) is 0 Å². The minimum atomic E-state index is -1.08. The molecule has 0 saturated carbocycles. The normalized spacial score (nSPS) is 21.2. The zero-order valence-electron chi connectivity index (χ0n) is 5.16. The van der Waals surface area contributed by atoms with Gasteiger partial charge in [0.05, 0.1) is 12.5 Å². The van der Waals surface area contributed by atoms with E-state index < -0.39 is 5.97 Å². The third kappa shape index (κ3) is 1.58. The average molecular weight is 142 g/mol. The predicted molar refractivity (Wildman–Crippen MR) is 31.0 cm³/mol. The first-order valence-electron chi connectivity index (χ1n) is 2.82. The number of esters is 1. The van der Waals surface area contributed by atoms with Crippen LogP contribution in [-0.4, -0.2) is 17.0 Å². The molecular formula is C6H6O4. The lowest BCUT2D eigenvalue weighted by molar-refractivity contribution is -0.135. The molecule has 54 valence electrons. The minimum absolute atomic E-state index is 0.248. The number of hydrogen-bond acceptors (Lipinski definition) is 3. The highest BCUT2D eigenvalue weighted by atomic mass is 16.5. The Kier molecular flexibility index (Phi) is 1.71. The van der Waals surface area contributed by atoms with Crippen LogP contribution in [0.15, 0.2) is 11.8 Å². The number of cyclic esters (lactones) is 1. The molecular weight excluding hydrogens is 136 g/mol. The van der Waals surface area contributed by atoms with E-state index in [1.807, 2.05) is 0 Å². The van der Waals surface area contributed by atoms with Gasteiger partial charge in [0.2, 0.25) is 0 Å². The largest absolute Gasteiger partial charge is 0.478 e. The first kappa shape index (κ1) is 6.80. The Morgan fingerprint density at radius 1 is 1.60 bits per heavy atom. The second-order valence-electron chi connectivity index (χ2n) is 1.92. The van der Waals surface area contributed by atoms with Gasteiger partial charge in [0.25, 0.3) is 0 Å². The Labute approximate surface area is 57.1 Å². The molecule has 1 N–H and O–H groups in total. The van der Waals surface area contributed by atoms with Crippen molar-refractivity contribution in [3.05, 3.63) is 11.8 Å². The Morgan fingerprint density at radius 3 is 2.70 bits per heavy atom. The van der Waals surface area contributed by atoms with Gasteiger partial charge in [-0.25, -0.2) is 4.79 Å². The molecule has 1 fully saturated rings. The van der Waals surface area contributed by atoms with Crippen molar-refractivity contribution in [3.8, 4) is 0 Å². The summed E-state index contributed by atoms with van der Waals surface area (Å²) in [5, 5.41) is 8.19. The van der Waals surface area contributed by atoms with E-state index in [-0.39, 0.29) is 11.7 Å². The Balaban J connectivity index is 2.59. The van der Waals surface area contributed by atoms with Crippen LogP contribution in [0, 0.1) is 0 Å². The maximum Gasteiger partial charge on any atom is 0.331 e. The van der Waals surface area contributed by atoms with E-state index in [1.165, 1.54) is 0 Å². The van der Waals surface area contributed by atoms with Crippen molar-refractivity contribution in [2.75, 3.05) is 0 Å². The number of carbonyl (C=O) groups excluding carboxylic acids is 1. The van der Waals surface area contributed by atoms with Crippen LogP contribution in [-0.2, 0) is 14.3 Å². The molecule has 4 heteroatoms. The van der Waals surface area contributed by atoms with E-state index in [1.54, 1.807) is 0 Å². The van der Waals surface area contributed by atoms with Crippen molar-refractivity contribution in [1.29, 1.82) is 0 Å². The summed E-state index contributed by atoms with van der Waals surface area (Å²) in [6.07, 6.45) is 1.61. The van der Waals surface area contributed by atoms with Gasteiger partial charge < -0.3 is 9.84 Å². The number of ether oxygens (including phenoxy) is 1. The smallest absolute Gasteiger partial charge is 0.331 e. The van der Waals surface area contributed by atoms with Gasteiger partial charge in [-0.3, -0.25) is 4.79 Å². The number of carbonyl (C=O) groups is 2. The standard InChI is InChI=1S/C6H6O4/c7-5(8)3-4-1-2-6(9)10-4/h3H,1-2H2,(H,7,8). The van der Waals surface area contributed by atoms with Gasteiger partial charge in [-0.05, 0) is 0 Å². The van der Waals surface area contributed by atoms with Gasteiger partial charge in [-0.2, -0.15) is 0 Å². The first-order chi connectivity index (χ1) is 4.68. The maximum atomic E-state index is 10.4. The van der Waals surface area contributed by atoms with Crippen LogP contribution in [0.2, 0.25) is 0 Å². The molecule has 0 aromatic carbocycles. The number of rotatable bonds is 1. The lowest BCUT2D eigenvalue weighted by Crippen LogP contribution is -1.93. The number of hydrogen-bond donors (Lipinski definition) is 1. The van der Waals surface area contributed by atoms with Crippen molar-refractivity contribution in [1.82, 2.24) is 0 Å². The lowest BCUT2D eigenvalue weighted by Gasteiger charge is -1.90. The highest BCUT2D eigenvalue weighted by Gasteiger charge is 2.17. The van der Waals surface area contributed by atoms with E-state index >= 15 is 0 Å². The second kappa shape index (κ2) is 2.51. The molecule has 0 aliphatic carbocycles. The zero-order chi connectivity index (χ0) is 7.56. The number of aliphatic carboxylic acids is 1. The van der Waals surface area contributed by atoms with Gasteiger partial charge >= 0.3 is 11.9 Å². The quantitative estimate of drug-likeness (QED) is 0.422. The van der Waals surface area contributed by atoms with E-state index in [2.05, 4.69) is 4.74 Å². The van der Waals surface area contributed by atoms with Crippen LogP contribution in [0.5, 0.6) is 0 Å². The molecule has 4 nitrogen and oxygen atoms in total. The highest BCUT2D eigenvalue weighted by Crippen LogP contribution is 2.16. The molecule has 0 radical (unpaired) electrons. The van der Waals surface area contributed by atoms with Crippen LogP contribution >= 0.6 is 0 Å². The number of carboxylic acid groups (broad SMARTS) is 1. The molecule has 0 aromatic rings. The summed E-state index contributed by atoms with van der Waals surface area (Å²) < 4.78 is 4.51. The van der Waals surface area contributed by atoms with E-state index in [0.29, 0.717) is 12.8 Å².